The highest BCUT2D eigenvalue weighted by Crippen LogP contribution is 2.61. The van der Waals surface area contributed by atoms with E-state index >= 15 is 0 Å². The van der Waals surface area contributed by atoms with Gasteiger partial charge < -0.3 is 4.90 Å². The maximum absolute atomic E-state index is 13.4. The summed E-state index contributed by atoms with van der Waals surface area (Å²) in [6, 6.07) is 6.20. The van der Waals surface area contributed by atoms with Crippen molar-refractivity contribution in [1.29, 1.82) is 0 Å². The standard InChI is InChI=1S/C22H25F2N3/c23-18-1-3-20(25-13-18)27(21-4-2-19(24)14-26-21)6-5-22-10-15-7-16(11-22)9-17(8-15)12-22/h1-4,13-17H,5-12H2. The summed E-state index contributed by atoms with van der Waals surface area (Å²) in [4.78, 5) is 10.5. The van der Waals surface area contributed by atoms with Gasteiger partial charge in [0, 0.05) is 6.54 Å². The van der Waals surface area contributed by atoms with Crippen molar-refractivity contribution in [2.24, 2.45) is 23.2 Å². The van der Waals surface area contributed by atoms with Crippen LogP contribution >= 0.6 is 0 Å². The number of halogens is 2. The Hall–Kier alpha value is -2.04. The van der Waals surface area contributed by atoms with Crippen LogP contribution in [0.2, 0.25) is 0 Å². The molecule has 0 aliphatic heterocycles. The maximum atomic E-state index is 13.4. The van der Waals surface area contributed by atoms with Gasteiger partial charge in [-0.2, -0.15) is 0 Å². The van der Waals surface area contributed by atoms with Crippen LogP contribution in [0.1, 0.15) is 44.9 Å². The Labute approximate surface area is 158 Å². The van der Waals surface area contributed by atoms with Gasteiger partial charge >= 0.3 is 0 Å². The first-order valence-corrected chi connectivity index (χ1v) is 10.1. The predicted molar refractivity (Wildman–Crippen MR) is 101 cm³/mol. The summed E-state index contributed by atoms with van der Waals surface area (Å²) < 4.78 is 26.7. The Balaban J connectivity index is 1.39. The van der Waals surface area contributed by atoms with E-state index in [1.165, 1.54) is 63.1 Å². The molecule has 3 nitrogen and oxygen atoms in total. The molecule has 4 fully saturated rings. The van der Waals surface area contributed by atoms with Crippen LogP contribution < -0.4 is 4.90 Å². The van der Waals surface area contributed by atoms with Gasteiger partial charge in [0.25, 0.3) is 0 Å². The summed E-state index contributed by atoms with van der Waals surface area (Å²) in [5, 5.41) is 0. The average Bonchev–Trinajstić information content (AvgIpc) is 2.63. The van der Waals surface area contributed by atoms with E-state index < -0.39 is 0 Å². The first-order chi connectivity index (χ1) is 13.1. The fraction of sp³-hybridized carbons (Fsp3) is 0.545. The number of anilines is 2. The molecule has 0 unspecified atom stereocenters. The molecule has 2 heterocycles. The minimum absolute atomic E-state index is 0.355. The molecule has 0 amide bonds. The molecule has 2 aromatic rings. The van der Waals surface area contributed by atoms with Crippen molar-refractivity contribution in [1.82, 2.24) is 9.97 Å². The van der Waals surface area contributed by atoms with Crippen LogP contribution in [-0.2, 0) is 0 Å². The van der Waals surface area contributed by atoms with Gasteiger partial charge in [0.05, 0.1) is 12.4 Å². The lowest BCUT2D eigenvalue weighted by Gasteiger charge is -2.57. The van der Waals surface area contributed by atoms with E-state index in [1.807, 2.05) is 4.90 Å². The SMILES string of the molecule is Fc1ccc(N(CCC23CC4CC(CC(C4)C2)C3)c2ccc(F)cn2)nc1. The zero-order valence-electron chi connectivity index (χ0n) is 15.5. The number of pyridine rings is 2. The molecule has 4 aliphatic carbocycles. The van der Waals surface area contributed by atoms with E-state index in [2.05, 4.69) is 9.97 Å². The number of rotatable bonds is 5. The molecule has 0 N–H and O–H groups in total. The normalized spacial score (nSPS) is 31.3. The summed E-state index contributed by atoms with van der Waals surface area (Å²) in [5.74, 6) is 3.37. The van der Waals surface area contributed by atoms with Gasteiger partial charge in [-0.1, -0.05) is 0 Å². The van der Waals surface area contributed by atoms with E-state index in [0.29, 0.717) is 17.1 Å². The van der Waals surface area contributed by atoms with E-state index in [-0.39, 0.29) is 11.6 Å². The average molecular weight is 369 g/mol. The van der Waals surface area contributed by atoms with Crippen molar-refractivity contribution in [3.63, 3.8) is 0 Å². The summed E-state index contributed by atoms with van der Waals surface area (Å²) >= 11 is 0. The van der Waals surface area contributed by atoms with Gasteiger partial charge in [0.1, 0.15) is 23.3 Å². The number of hydrogen-bond donors (Lipinski definition) is 0. The molecule has 4 aliphatic rings. The number of aromatic nitrogens is 2. The predicted octanol–water partition coefficient (Wildman–Crippen LogP) is 5.50. The molecule has 142 valence electrons. The third kappa shape index (κ3) is 3.32. The minimum atomic E-state index is -0.355. The van der Waals surface area contributed by atoms with Crippen LogP contribution in [0.3, 0.4) is 0 Å². The Morgan fingerprint density at radius 1 is 0.815 bits per heavy atom. The van der Waals surface area contributed by atoms with Gasteiger partial charge in [-0.25, -0.2) is 18.7 Å². The van der Waals surface area contributed by atoms with Crippen LogP contribution in [-0.4, -0.2) is 16.5 Å². The molecular weight excluding hydrogens is 344 g/mol. The Bertz CT molecular complexity index is 723. The third-order valence-electron chi connectivity index (χ3n) is 7.01. The molecule has 2 aromatic heterocycles. The second kappa shape index (κ2) is 6.54. The van der Waals surface area contributed by atoms with Crippen LogP contribution in [0.15, 0.2) is 36.7 Å². The van der Waals surface area contributed by atoms with Crippen molar-refractivity contribution in [2.75, 3.05) is 11.4 Å². The van der Waals surface area contributed by atoms with Crippen LogP contribution in [0.4, 0.5) is 20.4 Å². The second-order valence-corrected chi connectivity index (χ2v) is 8.99. The minimum Gasteiger partial charge on any atom is -0.311 e. The van der Waals surface area contributed by atoms with Crippen molar-refractivity contribution in [3.8, 4) is 0 Å². The van der Waals surface area contributed by atoms with Gasteiger partial charge in [-0.15, -0.1) is 0 Å². The van der Waals surface area contributed by atoms with Crippen LogP contribution in [0.5, 0.6) is 0 Å². The number of nitrogens with zero attached hydrogens (tertiary/aromatic N) is 3. The van der Waals surface area contributed by atoms with E-state index in [9.17, 15) is 8.78 Å². The molecular formula is C22H25F2N3. The first kappa shape index (κ1) is 17.1. The summed E-state index contributed by atoms with van der Waals surface area (Å²) in [6.07, 6.45) is 11.9. The van der Waals surface area contributed by atoms with Crippen molar-refractivity contribution < 1.29 is 8.78 Å². The molecule has 0 atom stereocenters. The fourth-order valence-corrected chi connectivity index (χ4v) is 6.35. The fourth-order valence-electron chi connectivity index (χ4n) is 6.35. The zero-order chi connectivity index (χ0) is 18.4. The lowest BCUT2D eigenvalue weighted by Crippen LogP contribution is -2.47. The van der Waals surface area contributed by atoms with Crippen molar-refractivity contribution >= 4 is 11.6 Å². The molecule has 0 aromatic carbocycles. The highest BCUT2D eigenvalue weighted by molar-refractivity contribution is 5.55. The van der Waals surface area contributed by atoms with E-state index in [0.717, 1.165) is 30.7 Å². The molecule has 4 bridgehead atoms. The topological polar surface area (TPSA) is 29.0 Å². The molecule has 5 heteroatoms. The zero-order valence-corrected chi connectivity index (χ0v) is 15.5. The molecule has 6 rings (SSSR count). The lowest BCUT2D eigenvalue weighted by molar-refractivity contribution is -0.0557. The Morgan fingerprint density at radius 2 is 1.30 bits per heavy atom. The summed E-state index contributed by atoms with van der Waals surface area (Å²) in [6.45, 7) is 0.781. The van der Waals surface area contributed by atoms with Gasteiger partial charge in [-0.3, -0.25) is 0 Å². The number of hydrogen-bond acceptors (Lipinski definition) is 3. The monoisotopic (exact) mass is 369 g/mol. The van der Waals surface area contributed by atoms with Crippen LogP contribution in [0, 0.1) is 34.8 Å². The third-order valence-corrected chi connectivity index (χ3v) is 7.01. The summed E-state index contributed by atoms with van der Waals surface area (Å²) in [7, 11) is 0. The molecule has 27 heavy (non-hydrogen) atoms. The van der Waals surface area contributed by atoms with Gasteiger partial charge in [-0.05, 0) is 92.4 Å². The van der Waals surface area contributed by atoms with Crippen LogP contribution in [0.25, 0.3) is 0 Å². The summed E-state index contributed by atoms with van der Waals surface area (Å²) in [5.41, 5.74) is 0.438. The quantitative estimate of drug-likeness (QED) is 0.697. The smallest absolute Gasteiger partial charge is 0.141 e. The molecule has 0 radical (unpaired) electrons. The Kier molecular flexibility index (Phi) is 4.14. The van der Waals surface area contributed by atoms with E-state index in [1.54, 1.807) is 12.1 Å². The molecule has 0 saturated heterocycles. The van der Waals surface area contributed by atoms with Crippen molar-refractivity contribution in [3.05, 3.63) is 48.3 Å². The highest BCUT2D eigenvalue weighted by atomic mass is 19.1. The molecule has 4 saturated carbocycles. The second-order valence-electron chi connectivity index (χ2n) is 8.99. The Morgan fingerprint density at radius 3 is 1.70 bits per heavy atom. The maximum Gasteiger partial charge on any atom is 0.141 e. The van der Waals surface area contributed by atoms with Gasteiger partial charge in [0.2, 0.25) is 0 Å². The van der Waals surface area contributed by atoms with E-state index in [4.69, 9.17) is 0 Å². The van der Waals surface area contributed by atoms with Crippen molar-refractivity contribution in [2.45, 2.75) is 44.9 Å². The van der Waals surface area contributed by atoms with Gasteiger partial charge in [0.15, 0.2) is 0 Å². The first-order valence-electron chi connectivity index (χ1n) is 10.1. The highest BCUT2D eigenvalue weighted by Gasteiger charge is 2.50. The molecule has 0 spiro atoms. The lowest BCUT2D eigenvalue weighted by atomic mass is 9.49. The largest absolute Gasteiger partial charge is 0.311 e.